The zero-order valence-electron chi connectivity index (χ0n) is 7.74. The number of hydrogen-bond donors (Lipinski definition) is 2. The third-order valence-electron chi connectivity index (χ3n) is 1.53. The van der Waals surface area contributed by atoms with Gasteiger partial charge in [0.2, 0.25) is 5.96 Å². The third kappa shape index (κ3) is 3.06. The lowest BCUT2D eigenvalue weighted by Gasteiger charge is -1.97. The summed E-state index contributed by atoms with van der Waals surface area (Å²) in [6.07, 6.45) is 1.58. The van der Waals surface area contributed by atoms with E-state index in [1.165, 1.54) is 0 Å². The minimum absolute atomic E-state index is 0.258. The van der Waals surface area contributed by atoms with Crippen LogP contribution >= 0.6 is 11.6 Å². The summed E-state index contributed by atoms with van der Waals surface area (Å²) in [6, 6.07) is 7.38. The Morgan fingerprint density at radius 2 is 2.21 bits per heavy atom. The second kappa shape index (κ2) is 5.24. The number of hydrazone groups is 1. The summed E-state index contributed by atoms with van der Waals surface area (Å²) >= 11 is 5.89. The molecule has 0 saturated carbocycles. The van der Waals surface area contributed by atoms with Crippen LogP contribution in [0.15, 0.2) is 34.4 Å². The molecule has 0 radical (unpaired) electrons. The molecule has 0 amide bonds. The number of guanidine groups is 1. The maximum Gasteiger partial charge on any atom is 0.209 e. The fourth-order valence-corrected chi connectivity index (χ4v) is 0.982. The topological polar surface area (TPSA) is 62.8 Å². The SMILES string of the molecule is CN=C(N)N/N=C/c1ccccc1Cl. The molecule has 0 unspecified atom stereocenters. The third-order valence-corrected chi connectivity index (χ3v) is 1.87. The van der Waals surface area contributed by atoms with Gasteiger partial charge in [0.25, 0.3) is 0 Å². The van der Waals surface area contributed by atoms with Gasteiger partial charge in [0.1, 0.15) is 0 Å². The van der Waals surface area contributed by atoms with Crippen molar-refractivity contribution in [3.05, 3.63) is 34.9 Å². The number of aliphatic imine (C=N–C) groups is 1. The maximum atomic E-state index is 5.89. The van der Waals surface area contributed by atoms with E-state index in [2.05, 4.69) is 15.5 Å². The number of halogens is 1. The lowest BCUT2D eigenvalue weighted by molar-refractivity contribution is 1.01. The van der Waals surface area contributed by atoms with Crippen LogP contribution in [0.3, 0.4) is 0 Å². The number of hydrogen-bond acceptors (Lipinski definition) is 2. The van der Waals surface area contributed by atoms with Gasteiger partial charge in [-0.25, -0.2) is 5.43 Å². The van der Waals surface area contributed by atoms with Crippen molar-refractivity contribution in [3.8, 4) is 0 Å². The molecule has 0 spiro atoms. The molecule has 1 rings (SSSR count). The van der Waals surface area contributed by atoms with Gasteiger partial charge in [-0.15, -0.1) is 0 Å². The van der Waals surface area contributed by atoms with Crippen molar-refractivity contribution < 1.29 is 0 Å². The first-order chi connectivity index (χ1) is 6.74. The van der Waals surface area contributed by atoms with Gasteiger partial charge in [-0.05, 0) is 6.07 Å². The zero-order chi connectivity index (χ0) is 10.4. The predicted octanol–water partition coefficient (Wildman–Crippen LogP) is 1.21. The number of nitrogens with two attached hydrogens (primary N) is 1. The number of benzene rings is 1. The van der Waals surface area contributed by atoms with Gasteiger partial charge >= 0.3 is 0 Å². The molecule has 5 heteroatoms. The molecule has 14 heavy (non-hydrogen) atoms. The molecule has 0 aliphatic rings. The van der Waals surface area contributed by atoms with Crippen molar-refractivity contribution >= 4 is 23.8 Å². The average Bonchev–Trinajstić information content (AvgIpc) is 2.20. The first kappa shape index (κ1) is 10.5. The van der Waals surface area contributed by atoms with E-state index in [1.54, 1.807) is 19.3 Å². The molecule has 0 fully saturated rings. The molecule has 0 aromatic heterocycles. The average molecular weight is 211 g/mol. The zero-order valence-corrected chi connectivity index (χ0v) is 8.49. The van der Waals surface area contributed by atoms with E-state index < -0.39 is 0 Å². The van der Waals surface area contributed by atoms with Crippen molar-refractivity contribution in [2.45, 2.75) is 0 Å². The Bertz CT molecular complexity index is 360. The second-order valence-corrected chi connectivity index (χ2v) is 2.91. The monoisotopic (exact) mass is 210 g/mol. The van der Waals surface area contributed by atoms with Crippen LogP contribution in [0.4, 0.5) is 0 Å². The first-order valence-corrected chi connectivity index (χ1v) is 4.37. The van der Waals surface area contributed by atoms with E-state index in [9.17, 15) is 0 Å². The predicted molar refractivity (Wildman–Crippen MR) is 59.7 cm³/mol. The summed E-state index contributed by atoms with van der Waals surface area (Å²) in [7, 11) is 1.58. The van der Waals surface area contributed by atoms with Crippen LogP contribution in [-0.4, -0.2) is 19.2 Å². The van der Waals surface area contributed by atoms with Gasteiger partial charge in [0, 0.05) is 17.6 Å². The highest BCUT2D eigenvalue weighted by Gasteiger charge is 1.93. The van der Waals surface area contributed by atoms with Crippen LogP contribution in [0.1, 0.15) is 5.56 Å². The smallest absolute Gasteiger partial charge is 0.209 e. The van der Waals surface area contributed by atoms with Crippen molar-refractivity contribution in [2.75, 3.05) is 7.05 Å². The Hall–Kier alpha value is -1.55. The molecule has 1 aromatic rings. The molecular weight excluding hydrogens is 200 g/mol. The van der Waals surface area contributed by atoms with Gasteiger partial charge in [-0.1, -0.05) is 29.8 Å². The van der Waals surface area contributed by atoms with Crippen LogP contribution in [0.2, 0.25) is 5.02 Å². The highest BCUT2D eigenvalue weighted by molar-refractivity contribution is 6.33. The van der Waals surface area contributed by atoms with Gasteiger partial charge in [0.05, 0.1) is 6.21 Å². The fraction of sp³-hybridized carbons (Fsp3) is 0.111. The lowest BCUT2D eigenvalue weighted by Crippen LogP contribution is -2.26. The fourth-order valence-electron chi connectivity index (χ4n) is 0.798. The van der Waals surface area contributed by atoms with E-state index >= 15 is 0 Å². The molecule has 4 nitrogen and oxygen atoms in total. The highest BCUT2D eigenvalue weighted by atomic mass is 35.5. The molecular formula is C9H11ClN4. The second-order valence-electron chi connectivity index (χ2n) is 2.50. The maximum absolute atomic E-state index is 5.89. The van der Waals surface area contributed by atoms with Crippen molar-refractivity contribution in [3.63, 3.8) is 0 Å². The van der Waals surface area contributed by atoms with E-state index in [0.717, 1.165) is 5.56 Å². The van der Waals surface area contributed by atoms with Crippen LogP contribution < -0.4 is 11.2 Å². The van der Waals surface area contributed by atoms with Crippen LogP contribution in [0.5, 0.6) is 0 Å². The molecule has 1 aromatic carbocycles. The normalized spacial score (nSPS) is 12.0. The molecule has 74 valence electrons. The van der Waals surface area contributed by atoms with Gasteiger partial charge < -0.3 is 5.73 Å². The molecule has 0 saturated heterocycles. The molecule has 3 N–H and O–H groups in total. The first-order valence-electron chi connectivity index (χ1n) is 4.00. The quantitative estimate of drug-likeness (QED) is 0.438. The minimum atomic E-state index is 0.258. The van der Waals surface area contributed by atoms with Crippen molar-refractivity contribution in [1.82, 2.24) is 5.43 Å². The standard InChI is InChI=1S/C9H11ClN4/c1-12-9(11)14-13-6-7-4-2-3-5-8(7)10/h2-6H,1H3,(H3,11,12,14)/b13-6+. The summed E-state index contributed by atoms with van der Waals surface area (Å²) in [5.41, 5.74) is 8.74. The summed E-state index contributed by atoms with van der Waals surface area (Å²) in [5, 5.41) is 4.50. The van der Waals surface area contributed by atoms with Gasteiger partial charge in [-0.3, -0.25) is 4.99 Å². The largest absolute Gasteiger partial charge is 0.369 e. The molecule has 0 aliphatic heterocycles. The summed E-state index contributed by atoms with van der Waals surface area (Å²) in [6.45, 7) is 0. The Labute approximate surface area is 87.5 Å². The lowest BCUT2D eigenvalue weighted by atomic mass is 10.2. The van der Waals surface area contributed by atoms with Crippen LogP contribution in [-0.2, 0) is 0 Å². The minimum Gasteiger partial charge on any atom is -0.369 e. The summed E-state index contributed by atoms with van der Waals surface area (Å²) in [5.74, 6) is 0.258. The Balaban J connectivity index is 2.65. The number of nitrogens with one attached hydrogen (secondary N) is 1. The molecule has 0 bridgehead atoms. The van der Waals surface area contributed by atoms with Crippen molar-refractivity contribution in [1.29, 1.82) is 0 Å². The molecule has 0 heterocycles. The van der Waals surface area contributed by atoms with E-state index in [4.69, 9.17) is 17.3 Å². The van der Waals surface area contributed by atoms with Gasteiger partial charge in [0.15, 0.2) is 0 Å². The van der Waals surface area contributed by atoms with Gasteiger partial charge in [-0.2, -0.15) is 5.10 Å². The summed E-state index contributed by atoms with van der Waals surface area (Å²) in [4.78, 5) is 3.68. The number of nitrogens with zero attached hydrogens (tertiary/aromatic N) is 2. The van der Waals surface area contributed by atoms with Crippen LogP contribution in [0.25, 0.3) is 0 Å². The van der Waals surface area contributed by atoms with E-state index in [1.807, 2.05) is 18.2 Å². The molecule has 0 aliphatic carbocycles. The Morgan fingerprint density at radius 1 is 1.50 bits per heavy atom. The van der Waals surface area contributed by atoms with Crippen LogP contribution in [0, 0.1) is 0 Å². The van der Waals surface area contributed by atoms with Crippen molar-refractivity contribution in [2.24, 2.45) is 15.8 Å². The van der Waals surface area contributed by atoms with E-state index in [0.29, 0.717) is 5.02 Å². The number of rotatable bonds is 2. The van der Waals surface area contributed by atoms with E-state index in [-0.39, 0.29) is 5.96 Å². The molecule has 0 atom stereocenters. The Morgan fingerprint density at radius 3 is 2.86 bits per heavy atom. The summed E-state index contributed by atoms with van der Waals surface area (Å²) < 4.78 is 0. The Kier molecular flexibility index (Phi) is 3.94. The highest BCUT2D eigenvalue weighted by Crippen LogP contribution is 2.11.